The Labute approximate surface area is 223 Å². The summed E-state index contributed by atoms with van der Waals surface area (Å²) in [5, 5.41) is 20.2. The first-order chi connectivity index (χ1) is 18.3. The van der Waals surface area contributed by atoms with E-state index in [9.17, 15) is 14.1 Å². The van der Waals surface area contributed by atoms with Gasteiger partial charge >= 0.3 is 5.97 Å². The number of carboxylic acid groups (broad SMARTS) is 1. The predicted molar refractivity (Wildman–Crippen MR) is 137 cm³/mol. The smallest absolute Gasteiger partial charge is 0.338 e. The number of hydrogen-bond acceptors (Lipinski definition) is 8. The molecule has 0 bridgehead atoms. The summed E-state index contributed by atoms with van der Waals surface area (Å²) in [6.45, 7) is 0.339. The molecule has 11 nitrogen and oxygen atoms in total. The number of alkyl halides is 1. The average Bonchev–Trinajstić information content (AvgIpc) is 3.56. The zero-order valence-corrected chi connectivity index (χ0v) is 21.6. The Morgan fingerprint density at radius 3 is 2.66 bits per heavy atom. The van der Waals surface area contributed by atoms with E-state index in [-0.39, 0.29) is 24.7 Å². The third kappa shape index (κ3) is 4.75. The van der Waals surface area contributed by atoms with Gasteiger partial charge in [-0.15, -0.1) is 0 Å². The quantitative estimate of drug-likeness (QED) is 0.283. The number of aliphatic carboxylic acids is 1. The van der Waals surface area contributed by atoms with Gasteiger partial charge in [-0.1, -0.05) is 5.18 Å². The molecule has 1 saturated carbocycles. The van der Waals surface area contributed by atoms with Gasteiger partial charge < -0.3 is 10.8 Å². The van der Waals surface area contributed by atoms with E-state index in [0.717, 1.165) is 0 Å². The molecule has 4 aromatic heterocycles. The molecule has 0 aliphatic heterocycles. The molecule has 38 heavy (non-hydrogen) atoms. The maximum absolute atomic E-state index is 15.1. The standard InChI is InChI=1S/C24H23BrF2N8O3/c25-18-21(13-3-1-12(2-4-13)19(27)24(36)37)33-23-16(10-31-35(23)22(18)28)14-7-17(26)20(29-8-14)15-9-30-34(11-15)6-5-32-38/h7-13,19H,1-6,28H2,(H,36,37). The number of nitroso groups, excluding NO2 is 1. The van der Waals surface area contributed by atoms with Crippen molar-refractivity contribution in [2.75, 3.05) is 12.3 Å². The lowest BCUT2D eigenvalue weighted by Crippen LogP contribution is -2.28. The van der Waals surface area contributed by atoms with E-state index in [1.54, 1.807) is 6.20 Å². The minimum Gasteiger partial charge on any atom is -0.479 e. The lowest BCUT2D eigenvalue weighted by Gasteiger charge is -2.29. The molecule has 4 heterocycles. The molecule has 1 atom stereocenters. The summed E-state index contributed by atoms with van der Waals surface area (Å²) in [6.07, 6.45) is 6.18. The highest BCUT2D eigenvalue weighted by molar-refractivity contribution is 9.10. The molecule has 1 aliphatic carbocycles. The summed E-state index contributed by atoms with van der Waals surface area (Å²) in [5.74, 6) is -2.28. The third-order valence-electron chi connectivity index (χ3n) is 6.94. The summed E-state index contributed by atoms with van der Waals surface area (Å²) in [7, 11) is 0. The number of aromatic nitrogens is 6. The van der Waals surface area contributed by atoms with Crippen molar-refractivity contribution in [1.29, 1.82) is 0 Å². The van der Waals surface area contributed by atoms with Gasteiger partial charge in [0, 0.05) is 40.9 Å². The van der Waals surface area contributed by atoms with E-state index in [1.165, 1.54) is 33.9 Å². The van der Waals surface area contributed by atoms with Crippen LogP contribution in [0.5, 0.6) is 0 Å². The molecule has 14 heteroatoms. The maximum Gasteiger partial charge on any atom is 0.338 e. The number of fused-ring (bicyclic) bond motifs is 1. The van der Waals surface area contributed by atoms with Crippen LogP contribution in [0.4, 0.5) is 14.6 Å². The number of carboxylic acids is 1. The van der Waals surface area contributed by atoms with Gasteiger partial charge in [0.05, 0.1) is 29.1 Å². The highest BCUT2D eigenvalue weighted by Gasteiger charge is 2.34. The van der Waals surface area contributed by atoms with Crippen molar-refractivity contribution < 1.29 is 18.7 Å². The maximum atomic E-state index is 15.1. The molecule has 1 fully saturated rings. The second-order valence-corrected chi connectivity index (χ2v) is 10.0. The summed E-state index contributed by atoms with van der Waals surface area (Å²) < 4.78 is 32.7. The number of nitrogens with two attached hydrogens (primary N) is 1. The van der Waals surface area contributed by atoms with Crippen LogP contribution in [-0.4, -0.2) is 53.2 Å². The van der Waals surface area contributed by atoms with E-state index in [4.69, 9.17) is 15.8 Å². The van der Waals surface area contributed by atoms with Crippen molar-refractivity contribution in [1.82, 2.24) is 29.4 Å². The van der Waals surface area contributed by atoms with Crippen LogP contribution in [0.25, 0.3) is 28.0 Å². The van der Waals surface area contributed by atoms with Gasteiger partial charge in [-0.25, -0.2) is 18.6 Å². The number of nitrogens with zero attached hydrogens (tertiary/aromatic N) is 7. The number of anilines is 1. The van der Waals surface area contributed by atoms with Crippen molar-refractivity contribution in [2.45, 2.75) is 44.3 Å². The minimum absolute atomic E-state index is 0.0546. The van der Waals surface area contributed by atoms with Crippen LogP contribution in [0.2, 0.25) is 0 Å². The van der Waals surface area contributed by atoms with E-state index in [2.05, 4.69) is 36.3 Å². The molecular weight excluding hydrogens is 566 g/mol. The molecule has 3 N–H and O–H groups in total. The minimum atomic E-state index is -1.88. The van der Waals surface area contributed by atoms with Gasteiger partial charge in [-0.05, 0) is 47.7 Å². The highest BCUT2D eigenvalue weighted by atomic mass is 79.9. The molecule has 0 radical (unpaired) electrons. The van der Waals surface area contributed by atoms with E-state index < -0.39 is 23.9 Å². The molecule has 0 spiro atoms. The number of halogens is 3. The van der Waals surface area contributed by atoms with E-state index in [0.29, 0.717) is 64.0 Å². The Kier molecular flexibility index (Phi) is 7.15. The van der Waals surface area contributed by atoms with Crippen LogP contribution in [0, 0.1) is 16.6 Å². The largest absolute Gasteiger partial charge is 0.479 e. The monoisotopic (exact) mass is 588 g/mol. The summed E-state index contributed by atoms with van der Waals surface area (Å²) >= 11 is 3.51. The first-order valence-corrected chi connectivity index (χ1v) is 12.7. The fraction of sp³-hybridized carbons (Fsp3) is 0.375. The third-order valence-corrected chi connectivity index (χ3v) is 7.75. The molecule has 0 amide bonds. The van der Waals surface area contributed by atoms with Gasteiger partial charge in [0.1, 0.15) is 23.9 Å². The predicted octanol–water partition coefficient (Wildman–Crippen LogP) is 4.60. The highest BCUT2D eigenvalue weighted by Crippen LogP contribution is 2.42. The summed E-state index contributed by atoms with van der Waals surface area (Å²) in [6, 6.07) is 1.34. The Bertz CT molecular complexity index is 1520. The van der Waals surface area contributed by atoms with Crippen molar-refractivity contribution in [2.24, 2.45) is 11.1 Å². The van der Waals surface area contributed by atoms with Crippen LogP contribution in [-0.2, 0) is 11.3 Å². The number of hydrogen-bond donors (Lipinski definition) is 2. The Hall–Kier alpha value is -3.81. The van der Waals surface area contributed by atoms with Gasteiger partial charge in [-0.2, -0.15) is 19.6 Å². The van der Waals surface area contributed by atoms with Crippen LogP contribution < -0.4 is 5.73 Å². The first kappa shape index (κ1) is 25.8. The second-order valence-electron chi connectivity index (χ2n) is 9.24. The lowest BCUT2D eigenvalue weighted by atomic mass is 9.78. The molecule has 1 unspecified atom stereocenters. The second kappa shape index (κ2) is 10.5. The molecule has 0 aromatic carbocycles. The van der Waals surface area contributed by atoms with Crippen molar-refractivity contribution in [3.8, 4) is 22.4 Å². The Morgan fingerprint density at radius 2 is 1.97 bits per heavy atom. The molecular formula is C24H23BrF2N8O3. The normalized spacial score (nSPS) is 18.5. The molecule has 4 aromatic rings. The van der Waals surface area contributed by atoms with Crippen molar-refractivity contribution in [3.63, 3.8) is 0 Å². The number of rotatable bonds is 8. The zero-order valence-electron chi connectivity index (χ0n) is 20.0. The van der Waals surface area contributed by atoms with Crippen LogP contribution in [0.3, 0.4) is 0 Å². The SMILES string of the molecule is Nc1c(Br)c(C2CCC(C(F)C(=O)O)CC2)nc2c(-c3cnc(-c4cnn(CCN=O)c4)c(F)c3)cnn12. The fourth-order valence-electron chi connectivity index (χ4n) is 4.92. The molecule has 1 aliphatic rings. The molecule has 5 rings (SSSR count). The van der Waals surface area contributed by atoms with Gasteiger partial charge in [0.15, 0.2) is 11.8 Å². The molecule has 0 saturated heterocycles. The average molecular weight is 589 g/mol. The van der Waals surface area contributed by atoms with Gasteiger partial charge in [0.25, 0.3) is 0 Å². The first-order valence-electron chi connectivity index (χ1n) is 12.0. The van der Waals surface area contributed by atoms with E-state index in [1.807, 2.05) is 0 Å². The van der Waals surface area contributed by atoms with Crippen molar-refractivity contribution >= 4 is 33.4 Å². The van der Waals surface area contributed by atoms with Gasteiger partial charge in [0.2, 0.25) is 0 Å². The summed E-state index contributed by atoms with van der Waals surface area (Å²) in [5.41, 5.74) is 8.98. The van der Waals surface area contributed by atoms with Crippen LogP contribution in [0.15, 0.2) is 40.5 Å². The zero-order chi connectivity index (χ0) is 27.0. The molecule has 198 valence electrons. The number of carbonyl (C=O) groups is 1. The fourth-order valence-corrected chi connectivity index (χ4v) is 5.50. The number of nitrogen functional groups attached to an aromatic ring is 1. The number of pyridine rings is 1. The van der Waals surface area contributed by atoms with Crippen LogP contribution in [0.1, 0.15) is 37.3 Å². The van der Waals surface area contributed by atoms with Crippen LogP contribution >= 0.6 is 15.9 Å². The lowest BCUT2D eigenvalue weighted by molar-refractivity contribution is -0.145. The Balaban J connectivity index is 1.45. The topological polar surface area (TPSA) is 154 Å². The summed E-state index contributed by atoms with van der Waals surface area (Å²) in [4.78, 5) is 30.5. The van der Waals surface area contributed by atoms with Gasteiger partial charge in [-0.3, -0.25) is 9.67 Å². The Morgan fingerprint density at radius 1 is 1.21 bits per heavy atom. The van der Waals surface area contributed by atoms with Crippen molar-refractivity contribution in [3.05, 3.63) is 51.7 Å². The van der Waals surface area contributed by atoms with E-state index >= 15 is 4.39 Å².